The van der Waals surface area contributed by atoms with E-state index in [1.807, 2.05) is 27.7 Å². The van der Waals surface area contributed by atoms with Gasteiger partial charge in [-0.3, -0.25) is 9.79 Å². The molecule has 0 aromatic carbocycles. The third-order valence-corrected chi connectivity index (χ3v) is 5.26. The fourth-order valence-corrected chi connectivity index (χ4v) is 3.67. The van der Waals surface area contributed by atoms with Crippen LogP contribution in [0.1, 0.15) is 41.0 Å². The Morgan fingerprint density at radius 2 is 2.17 bits per heavy atom. The lowest BCUT2D eigenvalue weighted by molar-refractivity contribution is -0.148. The maximum atomic E-state index is 11.8. The van der Waals surface area contributed by atoms with Crippen LogP contribution in [-0.2, 0) is 9.53 Å². The zero-order valence-corrected chi connectivity index (χ0v) is 15.9. The van der Waals surface area contributed by atoms with Crippen molar-refractivity contribution in [3.63, 3.8) is 0 Å². The molecule has 0 spiro atoms. The monoisotopic (exact) mass is 359 g/mol. The molecular weight excluding hydrogens is 334 g/mol. The molecule has 0 amide bonds. The highest BCUT2D eigenvalue weighted by Crippen LogP contribution is 2.41. The first kappa shape index (κ1) is 20.3. The maximum Gasteiger partial charge on any atom is 0.315 e. The minimum Gasteiger partial charge on any atom is -0.481 e. The van der Waals surface area contributed by atoms with Crippen molar-refractivity contribution < 1.29 is 14.6 Å². The number of nitrogens with zero attached hydrogens (tertiary/aromatic N) is 1. The van der Waals surface area contributed by atoms with Gasteiger partial charge in [0.15, 0.2) is 0 Å². The third kappa shape index (κ3) is 5.10. The van der Waals surface area contributed by atoms with Crippen LogP contribution in [0.25, 0.3) is 0 Å². The third-order valence-electron chi connectivity index (χ3n) is 3.78. The van der Waals surface area contributed by atoms with E-state index in [2.05, 4.69) is 11.9 Å². The van der Waals surface area contributed by atoms with Crippen molar-refractivity contribution in [1.29, 1.82) is 0 Å². The van der Waals surface area contributed by atoms with Crippen LogP contribution < -0.4 is 0 Å². The summed E-state index contributed by atoms with van der Waals surface area (Å²) in [5.74, 6) is -1.07. The summed E-state index contributed by atoms with van der Waals surface area (Å²) in [6, 6.07) is 0. The Morgan fingerprint density at radius 3 is 2.65 bits per heavy atom. The van der Waals surface area contributed by atoms with E-state index >= 15 is 0 Å². The Hall–Kier alpha value is -0.780. The Bertz CT molecular complexity index is 502. The van der Waals surface area contributed by atoms with Crippen molar-refractivity contribution in [2.75, 3.05) is 0 Å². The molecule has 3 unspecified atom stereocenters. The number of aliphatic carboxylic acids is 1. The predicted molar refractivity (Wildman–Crippen MR) is 98.2 cm³/mol. The number of ether oxygens (including phenoxy) is 1. The number of rotatable bonds is 8. The fourth-order valence-electron chi connectivity index (χ4n) is 2.39. The molecule has 0 saturated carbocycles. The van der Waals surface area contributed by atoms with Gasteiger partial charge in [0, 0.05) is 0 Å². The summed E-state index contributed by atoms with van der Waals surface area (Å²) in [4.78, 5) is 16.2. The fraction of sp³-hybridized carbons (Fsp3) is 0.647. The van der Waals surface area contributed by atoms with Crippen molar-refractivity contribution in [1.82, 2.24) is 0 Å². The summed E-state index contributed by atoms with van der Waals surface area (Å²) in [5, 5.41) is 9.07. The molecule has 130 valence electrons. The molecule has 0 radical (unpaired) electrons. The summed E-state index contributed by atoms with van der Waals surface area (Å²) in [6.45, 7) is 9.77. The molecule has 0 aromatic heterocycles. The van der Waals surface area contributed by atoms with Crippen LogP contribution >= 0.6 is 23.4 Å². The highest BCUT2D eigenvalue weighted by atomic mass is 35.5. The van der Waals surface area contributed by atoms with Gasteiger partial charge in [-0.15, -0.1) is 11.6 Å². The first-order valence-corrected chi connectivity index (χ1v) is 9.23. The summed E-state index contributed by atoms with van der Waals surface area (Å²) in [5.41, 5.74) is 1.24. The molecule has 1 rings (SSSR count). The van der Waals surface area contributed by atoms with E-state index in [0.717, 1.165) is 6.42 Å². The van der Waals surface area contributed by atoms with Gasteiger partial charge in [0.2, 0.25) is 0 Å². The number of halogens is 1. The number of thioether (sulfide) groups is 1. The highest BCUT2D eigenvalue weighted by molar-refractivity contribution is 8.12. The molecule has 0 bridgehead atoms. The molecule has 23 heavy (non-hydrogen) atoms. The van der Waals surface area contributed by atoms with Crippen LogP contribution in [0.15, 0.2) is 28.9 Å². The zero-order valence-electron chi connectivity index (χ0n) is 14.3. The molecular formula is C17H26ClNO3S. The van der Waals surface area contributed by atoms with E-state index in [9.17, 15) is 9.90 Å². The van der Waals surface area contributed by atoms with Crippen LogP contribution in [0.2, 0.25) is 0 Å². The predicted octanol–water partition coefficient (Wildman–Crippen LogP) is 4.70. The van der Waals surface area contributed by atoms with E-state index in [1.165, 1.54) is 11.8 Å². The van der Waals surface area contributed by atoms with E-state index < -0.39 is 16.8 Å². The normalized spacial score (nSPS) is 26.1. The average Bonchev–Trinajstić information content (AvgIpc) is 2.46. The van der Waals surface area contributed by atoms with Gasteiger partial charge < -0.3 is 9.84 Å². The molecule has 0 aliphatic heterocycles. The Kier molecular flexibility index (Phi) is 7.84. The number of carbonyl (C=O) groups is 1. The second kappa shape index (κ2) is 8.90. The van der Waals surface area contributed by atoms with Crippen molar-refractivity contribution in [3.8, 4) is 0 Å². The lowest BCUT2D eigenvalue weighted by Crippen LogP contribution is -2.43. The van der Waals surface area contributed by atoms with Gasteiger partial charge in [-0.1, -0.05) is 38.6 Å². The van der Waals surface area contributed by atoms with Gasteiger partial charge in [0.1, 0.15) is 10.9 Å². The second-order valence-electron chi connectivity index (χ2n) is 6.12. The number of aliphatic imine (C=N–C) groups is 1. The van der Waals surface area contributed by atoms with Crippen LogP contribution in [-0.4, -0.2) is 33.5 Å². The molecule has 3 atom stereocenters. The van der Waals surface area contributed by atoms with Crippen LogP contribution in [0, 0.1) is 11.3 Å². The zero-order chi connectivity index (χ0) is 17.6. The van der Waals surface area contributed by atoms with Crippen molar-refractivity contribution in [2.45, 2.75) is 58.0 Å². The standard InChI is InChI=1S/C17H26ClNO3S/c1-6-15(22-12(4)5)23-10-19-13-7-8-14(18)17(9-13,11(2)3)16(20)21/h7-12,14-15H,6H2,1-5H3,(H,20,21)/b19-10+. The molecule has 0 saturated heterocycles. The Labute approximate surface area is 148 Å². The van der Waals surface area contributed by atoms with Crippen LogP contribution in [0.4, 0.5) is 0 Å². The largest absolute Gasteiger partial charge is 0.481 e. The number of carboxylic acid groups (broad SMARTS) is 1. The smallest absolute Gasteiger partial charge is 0.315 e. The maximum absolute atomic E-state index is 11.8. The lowest BCUT2D eigenvalue weighted by Gasteiger charge is -2.35. The van der Waals surface area contributed by atoms with Crippen LogP contribution in [0.5, 0.6) is 0 Å². The molecule has 6 heteroatoms. The Balaban J connectivity index is 2.89. The number of allylic oxidation sites excluding steroid dienone is 2. The average molecular weight is 360 g/mol. The van der Waals surface area contributed by atoms with Gasteiger partial charge in [0.05, 0.1) is 22.7 Å². The van der Waals surface area contributed by atoms with Crippen molar-refractivity contribution in [3.05, 3.63) is 23.9 Å². The topological polar surface area (TPSA) is 58.9 Å². The van der Waals surface area contributed by atoms with E-state index in [-0.39, 0.29) is 17.5 Å². The van der Waals surface area contributed by atoms with E-state index in [0.29, 0.717) is 5.70 Å². The Morgan fingerprint density at radius 1 is 1.52 bits per heavy atom. The summed E-state index contributed by atoms with van der Waals surface area (Å²) < 4.78 is 5.74. The molecule has 1 aliphatic rings. The molecule has 1 N–H and O–H groups in total. The van der Waals surface area contributed by atoms with Gasteiger partial charge in [0.25, 0.3) is 0 Å². The SMILES string of the molecule is CCC(OC(C)C)S/C=N/C1=CC(C(=O)O)(C(C)C)C(Cl)C=C1. The summed E-state index contributed by atoms with van der Waals surface area (Å²) >= 11 is 7.76. The molecule has 0 heterocycles. The van der Waals surface area contributed by atoms with Crippen molar-refractivity contribution in [2.24, 2.45) is 16.3 Å². The molecule has 0 aromatic rings. The first-order valence-electron chi connectivity index (χ1n) is 7.86. The molecule has 1 aliphatic carbocycles. The van der Waals surface area contributed by atoms with E-state index in [4.69, 9.17) is 16.3 Å². The first-order chi connectivity index (χ1) is 10.7. The minimum atomic E-state index is -1.13. The molecule has 4 nitrogen and oxygen atoms in total. The quantitative estimate of drug-likeness (QED) is 0.295. The van der Waals surface area contributed by atoms with E-state index in [1.54, 1.807) is 23.8 Å². The number of carboxylic acids is 1. The van der Waals surface area contributed by atoms with Crippen LogP contribution in [0.3, 0.4) is 0 Å². The van der Waals surface area contributed by atoms with Gasteiger partial charge in [-0.05, 0) is 38.3 Å². The number of hydrogen-bond donors (Lipinski definition) is 1. The second-order valence-corrected chi connectivity index (χ2v) is 7.60. The summed E-state index contributed by atoms with van der Waals surface area (Å²) in [7, 11) is 0. The lowest BCUT2D eigenvalue weighted by atomic mass is 9.71. The highest BCUT2D eigenvalue weighted by Gasteiger charge is 2.46. The van der Waals surface area contributed by atoms with Gasteiger partial charge >= 0.3 is 5.97 Å². The molecule has 0 fully saturated rings. The number of alkyl halides is 1. The summed E-state index contributed by atoms with van der Waals surface area (Å²) in [6.07, 6.45) is 6.17. The van der Waals surface area contributed by atoms with Crippen molar-refractivity contribution >= 4 is 34.9 Å². The van der Waals surface area contributed by atoms with Gasteiger partial charge in [-0.25, -0.2) is 0 Å². The minimum absolute atomic E-state index is 0.0435. The van der Waals surface area contributed by atoms with Gasteiger partial charge in [-0.2, -0.15) is 0 Å². The number of hydrogen-bond acceptors (Lipinski definition) is 4.